The summed E-state index contributed by atoms with van der Waals surface area (Å²) < 4.78 is 39.2. The van der Waals surface area contributed by atoms with Crippen LogP contribution in [0.2, 0.25) is 0 Å². The number of nitrogens with one attached hydrogen (secondary N) is 2. The molecule has 1 aromatic heterocycles. The van der Waals surface area contributed by atoms with E-state index in [0.717, 1.165) is 49.3 Å². The maximum absolute atomic E-state index is 13.2. The molecule has 188 valence electrons. The molecule has 0 bridgehead atoms. The fourth-order valence-electron chi connectivity index (χ4n) is 4.14. The first-order valence-electron chi connectivity index (χ1n) is 11.8. The van der Waals surface area contributed by atoms with Gasteiger partial charge in [0.1, 0.15) is 0 Å². The van der Waals surface area contributed by atoms with Crippen molar-refractivity contribution in [2.75, 3.05) is 23.3 Å². The number of benzene rings is 2. The van der Waals surface area contributed by atoms with E-state index in [9.17, 15) is 22.8 Å². The molecule has 0 saturated carbocycles. The lowest BCUT2D eigenvalue weighted by atomic mass is 9.97. The predicted molar refractivity (Wildman–Crippen MR) is 132 cm³/mol. The van der Waals surface area contributed by atoms with Gasteiger partial charge in [-0.1, -0.05) is 19.1 Å². The number of rotatable bonds is 6. The smallest absolute Gasteiger partial charge is 0.371 e. The second-order valence-electron chi connectivity index (χ2n) is 8.98. The molecule has 0 atom stereocenters. The number of hydrogen-bond donors (Lipinski definition) is 2. The van der Waals surface area contributed by atoms with Gasteiger partial charge in [0.15, 0.2) is 0 Å². The van der Waals surface area contributed by atoms with Crippen LogP contribution in [-0.2, 0) is 12.7 Å². The van der Waals surface area contributed by atoms with E-state index in [0.29, 0.717) is 17.2 Å². The van der Waals surface area contributed by atoms with Gasteiger partial charge in [0.25, 0.3) is 11.8 Å². The maximum atomic E-state index is 13.2. The first-order valence-corrected chi connectivity index (χ1v) is 11.8. The Kier molecular flexibility index (Phi) is 7.57. The van der Waals surface area contributed by atoms with E-state index in [1.807, 2.05) is 6.07 Å². The second-order valence-corrected chi connectivity index (χ2v) is 8.98. The van der Waals surface area contributed by atoms with Crippen molar-refractivity contribution in [1.29, 1.82) is 0 Å². The van der Waals surface area contributed by atoms with Crippen molar-refractivity contribution >= 4 is 23.2 Å². The Hall–Kier alpha value is -3.88. The van der Waals surface area contributed by atoms with Gasteiger partial charge in [0.05, 0.1) is 11.1 Å². The van der Waals surface area contributed by atoms with Crippen molar-refractivity contribution in [3.05, 3.63) is 89.2 Å². The first-order chi connectivity index (χ1) is 17.2. The predicted octanol–water partition coefficient (Wildman–Crippen LogP) is 5.52. The molecular formula is C27H27F3N4O2. The minimum Gasteiger partial charge on any atom is -0.371 e. The number of aromatic nitrogens is 1. The van der Waals surface area contributed by atoms with Crippen molar-refractivity contribution in [3.8, 4) is 0 Å². The minimum absolute atomic E-state index is 0.124. The number of pyridine rings is 1. The van der Waals surface area contributed by atoms with Gasteiger partial charge in [-0.05, 0) is 66.8 Å². The van der Waals surface area contributed by atoms with Crippen molar-refractivity contribution in [2.45, 2.75) is 32.5 Å². The van der Waals surface area contributed by atoms with E-state index in [2.05, 4.69) is 27.4 Å². The van der Waals surface area contributed by atoms with Gasteiger partial charge < -0.3 is 15.5 Å². The zero-order valence-electron chi connectivity index (χ0n) is 19.8. The van der Waals surface area contributed by atoms with E-state index in [1.165, 1.54) is 12.1 Å². The van der Waals surface area contributed by atoms with E-state index >= 15 is 0 Å². The average Bonchev–Trinajstić information content (AvgIpc) is 2.88. The Labute approximate surface area is 207 Å². The summed E-state index contributed by atoms with van der Waals surface area (Å²) in [7, 11) is 0. The quantitative estimate of drug-likeness (QED) is 0.471. The number of alkyl halides is 3. The summed E-state index contributed by atoms with van der Waals surface area (Å²) in [6, 6.07) is 12.9. The highest BCUT2D eigenvalue weighted by Crippen LogP contribution is 2.31. The van der Waals surface area contributed by atoms with Gasteiger partial charge in [-0.15, -0.1) is 0 Å². The molecule has 1 saturated heterocycles. The Morgan fingerprint density at radius 3 is 2.50 bits per heavy atom. The van der Waals surface area contributed by atoms with Gasteiger partial charge >= 0.3 is 6.18 Å². The molecule has 6 nitrogen and oxygen atoms in total. The third kappa shape index (κ3) is 6.21. The second kappa shape index (κ2) is 10.8. The fraction of sp³-hybridized carbons (Fsp3) is 0.296. The van der Waals surface area contributed by atoms with Crippen LogP contribution >= 0.6 is 0 Å². The lowest BCUT2D eigenvalue weighted by molar-refractivity contribution is -0.137. The highest BCUT2D eigenvalue weighted by atomic mass is 19.4. The highest BCUT2D eigenvalue weighted by molar-refractivity contribution is 6.06. The molecule has 2 amide bonds. The summed E-state index contributed by atoms with van der Waals surface area (Å²) in [4.78, 5) is 32.1. The van der Waals surface area contributed by atoms with Gasteiger partial charge in [-0.2, -0.15) is 13.2 Å². The normalized spacial score (nSPS) is 14.4. The number of halogens is 3. The number of hydrogen-bond acceptors (Lipinski definition) is 4. The molecule has 3 aromatic rings. The van der Waals surface area contributed by atoms with Crippen LogP contribution in [0.1, 0.15) is 51.6 Å². The Morgan fingerprint density at radius 1 is 1.03 bits per heavy atom. The molecule has 2 aromatic carbocycles. The number of anilines is 2. The highest BCUT2D eigenvalue weighted by Gasteiger charge is 2.31. The zero-order valence-corrected chi connectivity index (χ0v) is 19.8. The Balaban J connectivity index is 1.57. The van der Waals surface area contributed by atoms with Crippen LogP contribution in [0.4, 0.5) is 24.5 Å². The summed E-state index contributed by atoms with van der Waals surface area (Å²) in [5.74, 6) is -0.403. The number of carbonyl (C=O) groups excluding carboxylic acids is 2. The van der Waals surface area contributed by atoms with E-state index in [4.69, 9.17) is 0 Å². The SMILES string of the molecule is CC1CCN(c2ccc(NC(=O)c3cccc(C(F)(F)F)c3)cc2C(=O)NCc2cccnc2)CC1. The summed E-state index contributed by atoms with van der Waals surface area (Å²) in [6.07, 6.45) is 0.773. The number of piperidine rings is 1. The van der Waals surface area contributed by atoms with Crippen molar-refractivity contribution < 1.29 is 22.8 Å². The van der Waals surface area contributed by atoms with Crippen LogP contribution in [0.15, 0.2) is 67.0 Å². The van der Waals surface area contributed by atoms with Crippen LogP contribution in [0.25, 0.3) is 0 Å². The first kappa shape index (κ1) is 25.2. The average molecular weight is 497 g/mol. The van der Waals surface area contributed by atoms with Gasteiger partial charge in [-0.3, -0.25) is 14.6 Å². The van der Waals surface area contributed by atoms with Gasteiger partial charge in [0.2, 0.25) is 0 Å². The molecule has 1 fully saturated rings. The molecule has 2 N–H and O–H groups in total. The largest absolute Gasteiger partial charge is 0.416 e. The van der Waals surface area contributed by atoms with E-state index < -0.39 is 17.6 Å². The minimum atomic E-state index is -4.55. The van der Waals surface area contributed by atoms with Crippen LogP contribution in [0.3, 0.4) is 0 Å². The van der Waals surface area contributed by atoms with Gasteiger partial charge in [0, 0.05) is 49.0 Å². The number of nitrogens with zero attached hydrogens (tertiary/aromatic N) is 2. The molecule has 1 aliphatic heterocycles. The summed E-state index contributed by atoms with van der Waals surface area (Å²) >= 11 is 0. The monoisotopic (exact) mass is 496 g/mol. The molecular weight excluding hydrogens is 469 g/mol. The lowest BCUT2D eigenvalue weighted by Gasteiger charge is -2.33. The van der Waals surface area contributed by atoms with Crippen molar-refractivity contribution in [1.82, 2.24) is 10.3 Å². The van der Waals surface area contributed by atoms with Crippen LogP contribution in [-0.4, -0.2) is 29.9 Å². The standard InChI is InChI=1S/C27H27F3N4O2/c1-18-9-12-34(13-10-18)24-8-7-22(15-23(24)26(36)32-17-19-4-3-11-31-16-19)33-25(35)20-5-2-6-21(14-20)27(28,29)30/h2-8,11,14-16,18H,9-10,12-13,17H2,1H3,(H,32,36)(H,33,35). The zero-order chi connectivity index (χ0) is 25.7. The summed E-state index contributed by atoms with van der Waals surface area (Å²) in [6.45, 7) is 4.09. The van der Waals surface area contributed by atoms with E-state index in [-0.39, 0.29) is 18.0 Å². The Bertz CT molecular complexity index is 1220. The third-order valence-electron chi connectivity index (χ3n) is 6.25. The summed E-state index contributed by atoms with van der Waals surface area (Å²) in [5, 5.41) is 5.52. The fourth-order valence-corrected chi connectivity index (χ4v) is 4.14. The Morgan fingerprint density at radius 2 is 1.81 bits per heavy atom. The molecule has 0 aliphatic carbocycles. The van der Waals surface area contributed by atoms with Crippen LogP contribution < -0.4 is 15.5 Å². The van der Waals surface area contributed by atoms with Crippen LogP contribution in [0.5, 0.6) is 0 Å². The molecule has 0 unspecified atom stereocenters. The topological polar surface area (TPSA) is 74.3 Å². The molecule has 9 heteroatoms. The maximum Gasteiger partial charge on any atom is 0.416 e. The molecule has 0 spiro atoms. The van der Waals surface area contributed by atoms with Crippen molar-refractivity contribution in [3.63, 3.8) is 0 Å². The number of carbonyl (C=O) groups is 2. The van der Waals surface area contributed by atoms with Crippen LogP contribution in [0, 0.1) is 5.92 Å². The molecule has 1 aliphatic rings. The third-order valence-corrected chi connectivity index (χ3v) is 6.25. The summed E-state index contributed by atoms with van der Waals surface area (Å²) in [5.41, 5.74) is 1.27. The lowest BCUT2D eigenvalue weighted by Crippen LogP contribution is -2.35. The number of amides is 2. The van der Waals surface area contributed by atoms with Gasteiger partial charge in [-0.25, -0.2) is 0 Å². The molecule has 4 rings (SSSR count). The van der Waals surface area contributed by atoms with Crippen molar-refractivity contribution in [2.24, 2.45) is 5.92 Å². The molecule has 0 radical (unpaired) electrons. The van der Waals surface area contributed by atoms with E-state index in [1.54, 1.807) is 36.7 Å². The molecule has 36 heavy (non-hydrogen) atoms. The molecule has 2 heterocycles.